The van der Waals surface area contributed by atoms with E-state index in [0.29, 0.717) is 17.1 Å². The topological polar surface area (TPSA) is 79.2 Å². The molecular formula is C15H21NO5. The molecule has 1 aliphatic heterocycles. The number of methoxy groups -OCH3 is 1. The Bertz CT molecular complexity index is 543. The Kier molecular flexibility index (Phi) is 4.11. The van der Waals surface area contributed by atoms with Crippen LogP contribution in [0.5, 0.6) is 11.5 Å². The summed E-state index contributed by atoms with van der Waals surface area (Å²) in [6.07, 6.45) is -0.834. The lowest BCUT2D eigenvalue weighted by atomic mass is 9.85. The number of aliphatic hydroxyl groups is 1. The quantitative estimate of drug-likeness (QED) is 0.871. The van der Waals surface area contributed by atoms with E-state index < -0.39 is 23.7 Å². The maximum absolute atomic E-state index is 10.9. The fourth-order valence-corrected chi connectivity index (χ4v) is 2.95. The molecule has 2 rings (SSSR count). The van der Waals surface area contributed by atoms with Crippen molar-refractivity contribution in [3.05, 3.63) is 23.8 Å². The molecule has 0 radical (unpaired) electrons. The number of hydrogen-bond donors (Lipinski definition) is 2. The van der Waals surface area contributed by atoms with E-state index in [1.165, 1.54) is 0 Å². The van der Waals surface area contributed by atoms with E-state index in [1.54, 1.807) is 37.3 Å². The molecule has 0 saturated heterocycles. The number of aliphatic hydroxyl groups excluding tert-OH is 1. The number of carboxylic acid groups (broad SMARTS) is 1. The second kappa shape index (κ2) is 5.54. The predicted octanol–water partition coefficient (Wildman–Crippen LogP) is 1.28. The van der Waals surface area contributed by atoms with Crippen LogP contribution in [0.3, 0.4) is 0 Å². The van der Waals surface area contributed by atoms with Gasteiger partial charge in [0.1, 0.15) is 23.2 Å². The highest BCUT2D eigenvalue weighted by Gasteiger charge is 2.45. The van der Waals surface area contributed by atoms with Crippen LogP contribution in [0, 0.1) is 0 Å². The van der Waals surface area contributed by atoms with Gasteiger partial charge in [0.15, 0.2) is 0 Å². The summed E-state index contributed by atoms with van der Waals surface area (Å²) in [5.74, 6) is 0.266. The lowest BCUT2D eigenvalue weighted by molar-refractivity contribution is -0.142. The van der Waals surface area contributed by atoms with E-state index in [9.17, 15) is 9.90 Å². The largest absolute Gasteiger partial charge is 0.497 e. The van der Waals surface area contributed by atoms with Crippen molar-refractivity contribution in [2.24, 2.45) is 0 Å². The first-order valence-corrected chi connectivity index (χ1v) is 6.73. The van der Waals surface area contributed by atoms with Gasteiger partial charge in [0, 0.05) is 11.6 Å². The van der Waals surface area contributed by atoms with E-state index in [0.717, 1.165) is 0 Å². The third-order valence-electron chi connectivity index (χ3n) is 3.78. The van der Waals surface area contributed by atoms with Crippen molar-refractivity contribution in [3.63, 3.8) is 0 Å². The Balaban J connectivity index is 2.38. The summed E-state index contributed by atoms with van der Waals surface area (Å²) in [5, 5.41) is 19.6. The van der Waals surface area contributed by atoms with E-state index in [4.69, 9.17) is 14.6 Å². The maximum Gasteiger partial charge on any atom is 0.317 e. The monoisotopic (exact) mass is 295 g/mol. The molecule has 116 valence electrons. The molecule has 0 amide bonds. The number of carbonyl (C=O) groups is 1. The number of nitrogens with zero attached hydrogens (tertiary/aromatic N) is 1. The van der Waals surface area contributed by atoms with Gasteiger partial charge >= 0.3 is 5.97 Å². The molecule has 1 heterocycles. The van der Waals surface area contributed by atoms with Gasteiger partial charge in [-0.1, -0.05) is 0 Å². The second-order valence-corrected chi connectivity index (χ2v) is 5.81. The fourth-order valence-electron chi connectivity index (χ4n) is 2.95. The predicted molar refractivity (Wildman–Crippen MR) is 76.7 cm³/mol. The standard InChI is InChI=1S/C15H21NO5/c1-15(2)14(16(3)8-12(17)18)13(19)10-6-5-9(20-4)7-11(10)21-15/h5-7,13-14,19H,8H2,1-4H3,(H,17,18). The van der Waals surface area contributed by atoms with Crippen LogP contribution in [-0.2, 0) is 4.79 Å². The molecule has 21 heavy (non-hydrogen) atoms. The van der Waals surface area contributed by atoms with Gasteiger partial charge in [-0.2, -0.15) is 0 Å². The molecule has 0 aromatic heterocycles. The van der Waals surface area contributed by atoms with Crippen LogP contribution in [-0.4, -0.2) is 53.4 Å². The fraction of sp³-hybridized carbons (Fsp3) is 0.533. The molecular weight excluding hydrogens is 274 g/mol. The number of fused-ring (bicyclic) bond motifs is 1. The van der Waals surface area contributed by atoms with Gasteiger partial charge < -0.3 is 19.7 Å². The van der Waals surface area contributed by atoms with Gasteiger partial charge in [-0.3, -0.25) is 9.69 Å². The minimum Gasteiger partial charge on any atom is -0.497 e. The Labute approximate surface area is 123 Å². The van der Waals surface area contributed by atoms with Crippen molar-refractivity contribution in [2.75, 3.05) is 20.7 Å². The molecule has 0 fully saturated rings. The number of rotatable bonds is 4. The van der Waals surface area contributed by atoms with Crippen molar-refractivity contribution < 1.29 is 24.5 Å². The van der Waals surface area contributed by atoms with E-state index in [1.807, 2.05) is 13.8 Å². The molecule has 2 N–H and O–H groups in total. The van der Waals surface area contributed by atoms with Crippen LogP contribution in [0.15, 0.2) is 18.2 Å². The third kappa shape index (κ3) is 2.96. The minimum absolute atomic E-state index is 0.167. The molecule has 0 aliphatic carbocycles. The van der Waals surface area contributed by atoms with E-state index in [-0.39, 0.29) is 6.54 Å². The average molecular weight is 295 g/mol. The van der Waals surface area contributed by atoms with Crippen LogP contribution in [0.4, 0.5) is 0 Å². The van der Waals surface area contributed by atoms with Gasteiger partial charge in [0.05, 0.1) is 19.7 Å². The summed E-state index contributed by atoms with van der Waals surface area (Å²) in [7, 11) is 3.23. The van der Waals surface area contributed by atoms with Gasteiger partial charge in [-0.05, 0) is 33.0 Å². The van der Waals surface area contributed by atoms with Crippen LogP contribution < -0.4 is 9.47 Å². The molecule has 6 heteroatoms. The highest BCUT2D eigenvalue weighted by Crippen LogP contribution is 2.43. The van der Waals surface area contributed by atoms with Gasteiger partial charge in [-0.25, -0.2) is 0 Å². The number of likely N-dealkylation sites (N-methyl/N-ethyl adjacent to an activating group) is 1. The summed E-state index contributed by atoms with van der Waals surface area (Å²) in [4.78, 5) is 12.5. The van der Waals surface area contributed by atoms with E-state index >= 15 is 0 Å². The van der Waals surface area contributed by atoms with Crippen molar-refractivity contribution in [1.29, 1.82) is 0 Å². The Hall–Kier alpha value is -1.79. The Morgan fingerprint density at radius 3 is 2.71 bits per heavy atom. The zero-order chi connectivity index (χ0) is 15.8. The molecule has 2 unspecified atom stereocenters. The SMILES string of the molecule is COc1ccc2c(c1)OC(C)(C)C(N(C)CC(=O)O)C2O. The number of aliphatic carboxylic acids is 1. The third-order valence-corrected chi connectivity index (χ3v) is 3.78. The van der Waals surface area contributed by atoms with Gasteiger partial charge in [0.25, 0.3) is 0 Å². The molecule has 1 aromatic rings. The first-order chi connectivity index (χ1) is 9.76. The number of benzene rings is 1. The van der Waals surface area contributed by atoms with Gasteiger partial charge in [-0.15, -0.1) is 0 Å². The summed E-state index contributed by atoms with van der Waals surface area (Å²) in [5.41, 5.74) is -0.0967. The summed E-state index contributed by atoms with van der Waals surface area (Å²) < 4.78 is 11.1. The van der Waals surface area contributed by atoms with Crippen LogP contribution in [0.2, 0.25) is 0 Å². The smallest absolute Gasteiger partial charge is 0.317 e. The molecule has 0 saturated carbocycles. The zero-order valence-electron chi connectivity index (χ0n) is 12.7. The molecule has 1 aromatic carbocycles. The summed E-state index contributed by atoms with van der Waals surface area (Å²) in [6, 6.07) is 4.76. The normalized spacial score (nSPS) is 23.3. The van der Waals surface area contributed by atoms with Crippen molar-refractivity contribution >= 4 is 5.97 Å². The first-order valence-electron chi connectivity index (χ1n) is 6.73. The first kappa shape index (κ1) is 15.6. The van der Waals surface area contributed by atoms with Crippen molar-refractivity contribution in [3.8, 4) is 11.5 Å². The molecule has 6 nitrogen and oxygen atoms in total. The van der Waals surface area contributed by atoms with Crippen LogP contribution in [0.25, 0.3) is 0 Å². The van der Waals surface area contributed by atoms with Crippen LogP contribution >= 0.6 is 0 Å². The highest BCUT2D eigenvalue weighted by atomic mass is 16.5. The highest BCUT2D eigenvalue weighted by molar-refractivity contribution is 5.69. The van der Waals surface area contributed by atoms with Crippen molar-refractivity contribution in [2.45, 2.75) is 31.6 Å². The minimum atomic E-state index is -0.943. The maximum atomic E-state index is 10.9. The Morgan fingerprint density at radius 2 is 2.14 bits per heavy atom. The lowest BCUT2D eigenvalue weighted by Gasteiger charge is -2.46. The van der Waals surface area contributed by atoms with Gasteiger partial charge in [0.2, 0.25) is 0 Å². The molecule has 2 atom stereocenters. The zero-order valence-corrected chi connectivity index (χ0v) is 12.7. The summed E-state index contributed by atoms with van der Waals surface area (Å²) >= 11 is 0. The second-order valence-electron chi connectivity index (χ2n) is 5.81. The molecule has 0 bridgehead atoms. The number of carboxylic acids is 1. The van der Waals surface area contributed by atoms with E-state index in [2.05, 4.69) is 0 Å². The number of ether oxygens (including phenoxy) is 2. The number of hydrogen-bond acceptors (Lipinski definition) is 5. The molecule has 0 spiro atoms. The van der Waals surface area contributed by atoms with Crippen molar-refractivity contribution in [1.82, 2.24) is 4.90 Å². The lowest BCUT2D eigenvalue weighted by Crippen LogP contribution is -2.57. The van der Waals surface area contributed by atoms with Crippen LogP contribution in [0.1, 0.15) is 25.5 Å². The summed E-state index contributed by atoms with van der Waals surface area (Å²) in [6.45, 7) is 3.50. The average Bonchev–Trinajstić information content (AvgIpc) is 2.35. The Morgan fingerprint density at radius 1 is 1.48 bits per heavy atom. The molecule has 1 aliphatic rings.